The SMILES string of the molecule is CC(Cc1cc(Cl)ccc1C#N)c1nc(C(=O)Nc2cnoc2)c(O)c(=O)n1C.c1ccccc1. The molecule has 1 unspecified atom stereocenters. The van der Waals surface area contributed by atoms with Gasteiger partial charge in [-0.25, -0.2) is 4.98 Å². The van der Waals surface area contributed by atoms with Crippen molar-refractivity contribution in [2.24, 2.45) is 7.05 Å². The number of aromatic hydroxyl groups is 1. The molecule has 9 nitrogen and oxygen atoms in total. The van der Waals surface area contributed by atoms with Crippen LogP contribution >= 0.6 is 11.6 Å². The standard InChI is InChI=1S/C19H16ClN5O4.C6H6/c1-10(5-12-6-13(20)4-3-11(12)7-21)17-24-15(16(26)19(28)25(17)2)18(27)23-14-8-22-29-9-14;1-2-4-6-5-3-1/h3-4,6,8-10,26H,5H2,1-2H3,(H,23,27);1-6H. The number of carbonyl (C=O) groups excluding carboxylic acids is 1. The second-order valence-electron chi connectivity index (χ2n) is 7.57. The molecule has 2 N–H and O–H groups in total. The van der Waals surface area contributed by atoms with Gasteiger partial charge in [-0.3, -0.25) is 14.2 Å². The molecule has 4 aromatic rings. The minimum atomic E-state index is -0.780. The molecule has 0 aliphatic heterocycles. The van der Waals surface area contributed by atoms with Gasteiger partial charge in [-0.2, -0.15) is 5.26 Å². The highest BCUT2D eigenvalue weighted by Gasteiger charge is 2.23. The first-order chi connectivity index (χ1) is 16.8. The minimum Gasteiger partial charge on any atom is -0.501 e. The molecule has 0 saturated heterocycles. The number of carbonyl (C=O) groups is 1. The maximum absolute atomic E-state index is 12.5. The van der Waals surface area contributed by atoms with Crippen LogP contribution in [0.15, 0.2) is 76.4 Å². The van der Waals surface area contributed by atoms with Crippen molar-refractivity contribution in [1.29, 1.82) is 5.26 Å². The summed E-state index contributed by atoms with van der Waals surface area (Å²) in [6.07, 6.45) is 2.81. The third-order valence-corrected chi connectivity index (χ3v) is 5.26. The number of anilines is 1. The van der Waals surface area contributed by atoms with Crippen LogP contribution in [-0.2, 0) is 13.5 Å². The number of amides is 1. The molecule has 0 bridgehead atoms. The van der Waals surface area contributed by atoms with Crippen LogP contribution in [0.3, 0.4) is 0 Å². The third-order valence-electron chi connectivity index (χ3n) is 5.03. The van der Waals surface area contributed by atoms with Crippen molar-refractivity contribution in [3.8, 4) is 11.8 Å². The highest BCUT2D eigenvalue weighted by atomic mass is 35.5. The van der Waals surface area contributed by atoms with E-state index in [1.54, 1.807) is 25.1 Å². The van der Waals surface area contributed by atoms with Gasteiger partial charge in [0.15, 0.2) is 5.69 Å². The number of nitriles is 1. The molecule has 1 amide bonds. The quantitative estimate of drug-likeness (QED) is 0.425. The Morgan fingerprint density at radius 3 is 2.49 bits per heavy atom. The largest absolute Gasteiger partial charge is 0.501 e. The molecule has 2 heterocycles. The number of hydrogen-bond donors (Lipinski definition) is 2. The van der Waals surface area contributed by atoms with E-state index in [2.05, 4.69) is 26.0 Å². The van der Waals surface area contributed by atoms with Crippen LogP contribution in [0.2, 0.25) is 5.02 Å². The molecule has 10 heteroatoms. The molecular formula is C25H22ClN5O4. The zero-order valence-corrected chi connectivity index (χ0v) is 19.7. The lowest BCUT2D eigenvalue weighted by Gasteiger charge is -2.17. The predicted molar refractivity (Wildman–Crippen MR) is 130 cm³/mol. The molecule has 35 heavy (non-hydrogen) atoms. The van der Waals surface area contributed by atoms with Crippen molar-refractivity contribution >= 4 is 23.2 Å². The number of nitrogens with one attached hydrogen (secondary N) is 1. The van der Waals surface area contributed by atoms with E-state index in [9.17, 15) is 20.0 Å². The van der Waals surface area contributed by atoms with E-state index in [1.807, 2.05) is 36.4 Å². The number of halogens is 1. The van der Waals surface area contributed by atoms with E-state index in [0.717, 1.165) is 0 Å². The zero-order valence-electron chi connectivity index (χ0n) is 19.0. The number of nitrogens with zero attached hydrogens (tertiary/aromatic N) is 4. The molecular weight excluding hydrogens is 470 g/mol. The second-order valence-corrected chi connectivity index (χ2v) is 8.01. The fourth-order valence-electron chi connectivity index (χ4n) is 3.31. The van der Waals surface area contributed by atoms with Gasteiger partial charge in [-0.1, -0.05) is 60.1 Å². The van der Waals surface area contributed by atoms with E-state index in [-0.39, 0.29) is 17.4 Å². The lowest BCUT2D eigenvalue weighted by molar-refractivity contribution is 0.101. The summed E-state index contributed by atoms with van der Waals surface area (Å²) in [7, 11) is 1.45. The van der Waals surface area contributed by atoms with Gasteiger partial charge in [0.1, 0.15) is 17.8 Å². The van der Waals surface area contributed by atoms with Crippen LogP contribution in [0, 0.1) is 11.3 Å². The summed E-state index contributed by atoms with van der Waals surface area (Å²) in [4.78, 5) is 29.1. The van der Waals surface area contributed by atoms with Crippen LogP contribution in [0.5, 0.6) is 5.75 Å². The van der Waals surface area contributed by atoms with Crippen LogP contribution < -0.4 is 10.9 Å². The fourth-order valence-corrected chi connectivity index (χ4v) is 3.50. The average molecular weight is 492 g/mol. The summed E-state index contributed by atoms with van der Waals surface area (Å²) in [5, 5.41) is 25.8. The van der Waals surface area contributed by atoms with Crippen LogP contribution in [0.4, 0.5) is 5.69 Å². The summed E-state index contributed by atoms with van der Waals surface area (Å²) < 4.78 is 5.81. The van der Waals surface area contributed by atoms with Crippen molar-refractivity contribution in [3.63, 3.8) is 0 Å². The Hall–Kier alpha value is -4.42. The summed E-state index contributed by atoms with van der Waals surface area (Å²) >= 11 is 6.04. The van der Waals surface area contributed by atoms with E-state index < -0.39 is 22.9 Å². The van der Waals surface area contributed by atoms with Crippen molar-refractivity contribution < 1.29 is 14.4 Å². The summed E-state index contributed by atoms with van der Waals surface area (Å²) in [6.45, 7) is 1.79. The monoisotopic (exact) mass is 491 g/mol. The van der Waals surface area contributed by atoms with Crippen LogP contribution in [0.1, 0.15) is 40.3 Å². The second kappa shape index (κ2) is 11.6. The third kappa shape index (κ3) is 6.34. The summed E-state index contributed by atoms with van der Waals surface area (Å²) in [5.74, 6) is -1.64. The Morgan fingerprint density at radius 1 is 1.26 bits per heavy atom. The molecule has 2 aromatic carbocycles. The van der Waals surface area contributed by atoms with E-state index in [4.69, 9.17) is 11.6 Å². The Bertz CT molecular complexity index is 1370. The number of aromatic nitrogens is 3. The molecule has 0 aliphatic rings. The van der Waals surface area contributed by atoms with Gasteiger partial charge in [-0.15, -0.1) is 0 Å². The predicted octanol–water partition coefficient (Wildman–Crippen LogP) is 4.28. The van der Waals surface area contributed by atoms with Crippen molar-refractivity contribution in [1.82, 2.24) is 14.7 Å². The molecule has 0 radical (unpaired) electrons. The fraction of sp³-hybridized carbons (Fsp3) is 0.160. The number of benzene rings is 2. The van der Waals surface area contributed by atoms with E-state index in [1.165, 1.54) is 24.1 Å². The van der Waals surface area contributed by atoms with Gasteiger partial charge < -0.3 is 14.9 Å². The van der Waals surface area contributed by atoms with E-state index in [0.29, 0.717) is 22.6 Å². The Morgan fingerprint density at radius 2 is 1.91 bits per heavy atom. The molecule has 2 aromatic heterocycles. The smallest absolute Gasteiger partial charge is 0.296 e. The van der Waals surface area contributed by atoms with Gasteiger partial charge in [0, 0.05) is 18.0 Å². The van der Waals surface area contributed by atoms with Crippen molar-refractivity contribution in [3.05, 3.63) is 105 Å². The normalized spacial score (nSPS) is 11.0. The number of rotatable bonds is 5. The van der Waals surface area contributed by atoms with Gasteiger partial charge in [0.2, 0.25) is 5.75 Å². The number of hydrogen-bond acceptors (Lipinski definition) is 7. The van der Waals surface area contributed by atoms with Crippen molar-refractivity contribution in [2.75, 3.05) is 5.32 Å². The van der Waals surface area contributed by atoms with Gasteiger partial charge >= 0.3 is 0 Å². The maximum Gasteiger partial charge on any atom is 0.296 e. The molecule has 0 aliphatic carbocycles. The minimum absolute atomic E-state index is 0.254. The molecule has 4 rings (SSSR count). The Labute approximate surface area is 206 Å². The first-order valence-corrected chi connectivity index (χ1v) is 10.9. The highest BCUT2D eigenvalue weighted by molar-refractivity contribution is 6.30. The van der Waals surface area contributed by atoms with Crippen LogP contribution in [-0.4, -0.2) is 25.7 Å². The lowest BCUT2D eigenvalue weighted by Crippen LogP contribution is -2.28. The Balaban J connectivity index is 0.000000497. The average Bonchev–Trinajstić information content (AvgIpc) is 3.37. The maximum atomic E-state index is 12.5. The zero-order chi connectivity index (χ0) is 25.4. The summed E-state index contributed by atoms with van der Waals surface area (Å²) in [6, 6.07) is 19.0. The van der Waals surface area contributed by atoms with Gasteiger partial charge in [-0.05, 0) is 30.2 Å². The summed E-state index contributed by atoms with van der Waals surface area (Å²) in [5.41, 5.74) is 0.219. The Kier molecular flexibility index (Phi) is 8.38. The van der Waals surface area contributed by atoms with Gasteiger partial charge in [0.25, 0.3) is 11.5 Å². The molecule has 1 atom stereocenters. The van der Waals surface area contributed by atoms with Gasteiger partial charge in [0.05, 0.1) is 17.8 Å². The molecule has 0 spiro atoms. The molecule has 0 fully saturated rings. The van der Waals surface area contributed by atoms with E-state index >= 15 is 0 Å². The molecule has 178 valence electrons. The molecule has 0 saturated carbocycles. The first-order valence-electron chi connectivity index (χ1n) is 10.5. The topological polar surface area (TPSA) is 134 Å². The lowest BCUT2D eigenvalue weighted by atomic mass is 9.96. The highest BCUT2D eigenvalue weighted by Crippen LogP contribution is 2.24. The first kappa shape index (κ1) is 25.2. The van der Waals surface area contributed by atoms with Crippen LogP contribution in [0.25, 0.3) is 0 Å². The van der Waals surface area contributed by atoms with Crippen molar-refractivity contribution in [2.45, 2.75) is 19.3 Å².